The fraction of sp³-hybridized carbons (Fsp3) is 0.242. The van der Waals surface area contributed by atoms with E-state index in [2.05, 4.69) is 15.0 Å². The maximum atomic E-state index is 14.3. The van der Waals surface area contributed by atoms with Gasteiger partial charge in [0.25, 0.3) is 5.56 Å². The molecule has 2 amide bonds. The highest BCUT2D eigenvalue weighted by Gasteiger charge is 2.43. The van der Waals surface area contributed by atoms with Crippen molar-refractivity contribution < 1.29 is 45.8 Å². The summed E-state index contributed by atoms with van der Waals surface area (Å²) in [5, 5.41) is 2.28. The predicted molar refractivity (Wildman–Crippen MR) is 160 cm³/mol. The predicted octanol–water partition coefficient (Wildman–Crippen LogP) is 3.83. The molecular formula is C33H25F5N4O7. The zero-order valence-corrected chi connectivity index (χ0v) is 25.4. The molecule has 2 aliphatic rings. The van der Waals surface area contributed by atoms with Crippen LogP contribution in [-0.4, -0.2) is 58.2 Å². The van der Waals surface area contributed by atoms with Gasteiger partial charge < -0.3 is 19.7 Å². The minimum absolute atomic E-state index is 0.0782. The number of nitrogens with zero attached hydrogens (tertiary/aromatic N) is 2. The van der Waals surface area contributed by atoms with Crippen LogP contribution in [0.25, 0.3) is 11.1 Å². The number of carbonyl (C=O) groups is 3. The van der Waals surface area contributed by atoms with E-state index >= 15 is 0 Å². The van der Waals surface area contributed by atoms with Crippen LogP contribution in [0.4, 0.5) is 26.7 Å². The first-order valence-corrected chi connectivity index (χ1v) is 14.8. The van der Waals surface area contributed by atoms with Crippen LogP contribution >= 0.6 is 0 Å². The standard InChI is InChI=1S/C33H25F5N4O7/c1-15-12-41(32(46)40-30(15)44)16-10-22(31(45)49-29-27(37)25(35)24(34)26(36)28(29)38)42(13-16)23(43)11-39-33(47)48-14-21-19-8-4-2-6-17(19)18-7-3-5-9-20(18)21/h2-9,12,16,21-22H,10-11,13-14H2,1H3,(H,39,47)(H,40,44,46)/t16-,22-/m0/s1. The van der Waals surface area contributed by atoms with Gasteiger partial charge in [-0.3, -0.25) is 19.1 Å². The summed E-state index contributed by atoms with van der Waals surface area (Å²) < 4.78 is 80.8. The van der Waals surface area contributed by atoms with E-state index in [1.54, 1.807) is 0 Å². The Balaban J connectivity index is 1.18. The summed E-state index contributed by atoms with van der Waals surface area (Å²) in [6.45, 7) is 0.147. The number of alkyl carbamates (subject to hydrolysis) is 1. The number of hydrogen-bond donors (Lipinski definition) is 2. The molecule has 3 aromatic carbocycles. The molecule has 2 heterocycles. The zero-order chi connectivity index (χ0) is 35.1. The van der Waals surface area contributed by atoms with Gasteiger partial charge in [0.15, 0.2) is 0 Å². The second-order valence-electron chi connectivity index (χ2n) is 11.4. The van der Waals surface area contributed by atoms with Gasteiger partial charge in [-0.2, -0.15) is 8.78 Å². The van der Waals surface area contributed by atoms with Crippen molar-refractivity contribution in [1.82, 2.24) is 19.8 Å². The Morgan fingerprint density at radius 3 is 2.06 bits per heavy atom. The molecule has 254 valence electrons. The number of fused-ring (bicyclic) bond motifs is 3. The van der Waals surface area contributed by atoms with E-state index in [-0.39, 0.29) is 18.1 Å². The molecular weight excluding hydrogens is 659 g/mol. The average molecular weight is 685 g/mol. The molecule has 0 bridgehead atoms. The lowest BCUT2D eigenvalue weighted by Gasteiger charge is -2.23. The lowest BCUT2D eigenvalue weighted by Crippen LogP contribution is -2.47. The molecule has 1 aliphatic carbocycles. The van der Waals surface area contributed by atoms with Crippen LogP contribution in [0.1, 0.15) is 35.1 Å². The first kappa shape index (κ1) is 33.1. The van der Waals surface area contributed by atoms with Crippen LogP contribution in [-0.2, 0) is 14.3 Å². The number of aryl methyl sites for hydroxylation is 1. The van der Waals surface area contributed by atoms with Gasteiger partial charge in [0.2, 0.25) is 40.7 Å². The third-order valence-electron chi connectivity index (χ3n) is 8.51. The number of amides is 2. The molecule has 4 aromatic rings. The van der Waals surface area contributed by atoms with Crippen molar-refractivity contribution in [2.75, 3.05) is 19.7 Å². The number of benzene rings is 3. The van der Waals surface area contributed by atoms with Crippen LogP contribution < -0.4 is 21.3 Å². The smallest absolute Gasteiger partial charge is 0.407 e. The van der Waals surface area contributed by atoms with E-state index in [4.69, 9.17) is 4.74 Å². The third kappa shape index (κ3) is 6.05. The van der Waals surface area contributed by atoms with Gasteiger partial charge in [-0.05, 0) is 29.2 Å². The first-order valence-electron chi connectivity index (χ1n) is 14.8. The number of aromatic nitrogens is 2. The number of ether oxygens (including phenoxy) is 2. The molecule has 1 fully saturated rings. The quantitative estimate of drug-likeness (QED) is 0.0992. The minimum atomic E-state index is -2.47. The highest BCUT2D eigenvalue weighted by Crippen LogP contribution is 2.44. The van der Waals surface area contributed by atoms with Crippen molar-refractivity contribution >= 4 is 18.0 Å². The van der Waals surface area contributed by atoms with E-state index in [1.807, 2.05) is 48.5 Å². The Bertz CT molecular complexity index is 2060. The minimum Gasteiger partial charge on any atom is -0.449 e. The fourth-order valence-corrected chi connectivity index (χ4v) is 6.11. The van der Waals surface area contributed by atoms with Gasteiger partial charge in [-0.15, -0.1) is 0 Å². The van der Waals surface area contributed by atoms with E-state index < -0.39 is 95.6 Å². The molecule has 1 aromatic heterocycles. The second-order valence-corrected chi connectivity index (χ2v) is 11.4. The van der Waals surface area contributed by atoms with Crippen molar-refractivity contribution in [3.8, 4) is 16.9 Å². The third-order valence-corrected chi connectivity index (χ3v) is 8.51. The number of H-pyrrole nitrogens is 1. The molecule has 0 radical (unpaired) electrons. The average Bonchev–Trinajstić information content (AvgIpc) is 3.68. The van der Waals surface area contributed by atoms with Crippen LogP contribution in [0.3, 0.4) is 0 Å². The van der Waals surface area contributed by atoms with Gasteiger partial charge in [-0.25, -0.2) is 27.6 Å². The zero-order valence-electron chi connectivity index (χ0n) is 25.4. The van der Waals surface area contributed by atoms with Crippen molar-refractivity contribution in [2.45, 2.75) is 31.3 Å². The number of likely N-dealkylation sites (tertiary alicyclic amines) is 1. The number of hydrogen-bond acceptors (Lipinski definition) is 7. The molecule has 2 N–H and O–H groups in total. The lowest BCUT2D eigenvalue weighted by molar-refractivity contribution is -0.146. The monoisotopic (exact) mass is 684 g/mol. The fourth-order valence-electron chi connectivity index (χ4n) is 6.11. The highest BCUT2D eigenvalue weighted by atomic mass is 19.2. The van der Waals surface area contributed by atoms with Crippen LogP contribution in [0, 0.1) is 36.0 Å². The van der Waals surface area contributed by atoms with E-state index in [9.17, 15) is 45.9 Å². The highest BCUT2D eigenvalue weighted by molar-refractivity contribution is 5.89. The number of rotatable bonds is 7. The molecule has 49 heavy (non-hydrogen) atoms. The molecule has 0 spiro atoms. The van der Waals surface area contributed by atoms with E-state index in [1.165, 1.54) is 13.1 Å². The summed E-state index contributed by atoms with van der Waals surface area (Å²) in [4.78, 5) is 66.6. The molecule has 0 unspecified atom stereocenters. The van der Waals surface area contributed by atoms with Crippen LogP contribution in [0.15, 0.2) is 64.3 Å². The first-order chi connectivity index (χ1) is 23.4. The Morgan fingerprint density at radius 1 is 0.878 bits per heavy atom. The second kappa shape index (κ2) is 13.0. The summed E-state index contributed by atoms with van der Waals surface area (Å²) in [5.74, 6) is -16.7. The van der Waals surface area contributed by atoms with Gasteiger partial charge >= 0.3 is 17.8 Å². The summed E-state index contributed by atoms with van der Waals surface area (Å²) in [5.41, 5.74) is 2.37. The largest absolute Gasteiger partial charge is 0.449 e. The Morgan fingerprint density at radius 2 is 1.45 bits per heavy atom. The van der Waals surface area contributed by atoms with E-state index in [0.717, 1.165) is 31.7 Å². The summed E-state index contributed by atoms with van der Waals surface area (Å²) in [7, 11) is 0. The van der Waals surface area contributed by atoms with E-state index in [0.29, 0.717) is 0 Å². The maximum absolute atomic E-state index is 14.3. The van der Waals surface area contributed by atoms with Gasteiger partial charge in [0.05, 0.1) is 6.04 Å². The topological polar surface area (TPSA) is 140 Å². The van der Waals surface area contributed by atoms with Crippen LogP contribution in [0.2, 0.25) is 0 Å². The van der Waals surface area contributed by atoms with Crippen LogP contribution in [0.5, 0.6) is 5.75 Å². The summed E-state index contributed by atoms with van der Waals surface area (Å²) >= 11 is 0. The lowest BCUT2D eigenvalue weighted by atomic mass is 9.98. The van der Waals surface area contributed by atoms with Crippen molar-refractivity contribution in [2.24, 2.45) is 0 Å². The molecule has 1 saturated heterocycles. The summed E-state index contributed by atoms with van der Waals surface area (Å²) in [6, 6.07) is 12.5. The van der Waals surface area contributed by atoms with Gasteiger partial charge in [0.1, 0.15) is 19.2 Å². The number of carbonyl (C=O) groups excluding carboxylic acids is 3. The number of halogens is 5. The Kier molecular flexibility index (Phi) is 8.79. The van der Waals surface area contributed by atoms with Gasteiger partial charge in [-0.1, -0.05) is 48.5 Å². The molecule has 11 nitrogen and oxygen atoms in total. The molecule has 1 aliphatic heterocycles. The Labute approximate surface area is 272 Å². The Hall–Kier alpha value is -5.80. The number of aromatic amines is 1. The number of nitrogens with one attached hydrogen (secondary N) is 2. The molecule has 6 rings (SSSR count). The van der Waals surface area contributed by atoms with Crippen molar-refractivity contribution in [3.63, 3.8) is 0 Å². The van der Waals surface area contributed by atoms with Crippen molar-refractivity contribution in [3.05, 3.63) is 121 Å². The molecule has 16 heteroatoms. The maximum Gasteiger partial charge on any atom is 0.407 e. The molecule has 0 saturated carbocycles. The van der Waals surface area contributed by atoms with Gasteiger partial charge in [0, 0.05) is 30.6 Å². The normalized spacial score (nSPS) is 16.7. The summed E-state index contributed by atoms with van der Waals surface area (Å²) in [6.07, 6.45) is -0.253. The SMILES string of the molecule is Cc1cn([C@H]2C[C@@H](C(=O)Oc3c(F)c(F)c(F)c(F)c3F)N(C(=O)CNC(=O)OCC3c4ccccc4-c4ccccc43)C2)c(=O)[nH]c1=O. The number of esters is 1. The van der Waals surface area contributed by atoms with Crippen molar-refractivity contribution in [1.29, 1.82) is 0 Å². The molecule has 2 atom stereocenters.